The van der Waals surface area contributed by atoms with E-state index in [0.29, 0.717) is 6.42 Å². The monoisotopic (exact) mass is 257 g/mol. The van der Waals surface area contributed by atoms with Crippen LogP contribution in [-0.4, -0.2) is 5.91 Å². The van der Waals surface area contributed by atoms with Crippen LogP contribution in [0.4, 0.5) is 0 Å². The lowest BCUT2D eigenvalue weighted by molar-refractivity contribution is -0.118. The third-order valence-electron chi connectivity index (χ3n) is 2.28. The number of hydrogen-bond donors (Lipinski definition) is 1. The molecule has 0 radical (unpaired) electrons. The summed E-state index contributed by atoms with van der Waals surface area (Å²) >= 11 is 0. The maximum atomic E-state index is 10.4. The van der Waals surface area contributed by atoms with E-state index in [2.05, 4.69) is 6.92 Å². The fraction of sp³-hybridized carbons (Fsp3) is 0.909. The van der Waals surface area contributed by atoms with Crippen LogP contribution in [0, 0.1) is 0 Å². The molecule has 2 nitrogen and oxygen atoms in total. The molecule has 0 aromatic carbocycles. The molecule has 0 unspecified atom stereocenters. The number of primary amides is 1. The molecule has 0 aromatic rings. The molecule has 0 saturated carbocycles. The van der Waals surface area contributed by atoms with Crippen molar-refractivity contribution in [2.45, 2.75) is 64.7 Å². The summed E-state index contributed by atoms with van der Waals surface area (Å²) < 4.78 is 0. The number of rotatable bonds is 9. The van der Waals surface area contributed by atoms with Gasteiger partial charge in [0.25, 0.3) is 0 Å². The van der Waals surface area contributed by atoms with Gasteiger partial charge < -0.3 is 5.73 Å². The van der Waals surface area contributed by atoms with Crippen molar-refractivity contribution in [3.63, 3.8) is 0 Å². The van der Waals surface area contributed by atoms with E-state index in [1.807, 2.05) is 0 Å². The maximum Gasteiger partial charge on any atom is 0.217 e. The first-order valence-electron chi connectivity index (χ1n) is 5.55. The quantitative estimate of drug-likeness (QED) is 0.627. The molecule has 0 bridgehead atoms. The Morgan fingerprint density at radius 2 is 1.27 bits per heavy atom. The molecule has 0 aliphatic carbocycles. The Labute approximate surface area is 106 Å². The Bertz CT molecular complexity index is 132. The first-order valence-corrected chi connectivity index (χ1v) is 5.55. The van der Waals surface area contributed by atoms with Gasteiger partial charge in [0.2, 0.25) is 5.91 Å². The van der Waals surface area contributed by atoms with Crippen LogP contribution in [0.1, 0.15) is 64.7 Å². The molecule has 0 aromatic heterocycles. The minimum absolute atomic E-state index is 0. The lowest BCUT2D eigenvalue weighted by Crippen LogP contribution is -2.09. The highest BCUT2D eigenvalue weighted by Crippen LogP contribution is 2.08. The third-order valence-corrected chi connectivity index (χ3v) is 2.28. The summed E-state index contributed by atoms with van der Waals surface area (Å²) in [6, 6.07) is 0. The van der Waals surface area contributed by atoms with Crippen LogP contribution in [0.5, 0.6) is 0 Å². The number of halogens is 2. The molecule has 0 atom stereocenters. The molecular weight excluding hydrogens is 233 g/mol. The van der Waals surface area contributed by atoms with E-state index in [1.54, 1.807) is 0 Å². The normalized spacial score (nSPS) is 8.87. The van der Waals surface area contributed by atoms with Crippen molar-refractivity contribution >= 4 is 30.7 Å². The SMILES string of the molecule is CCCCCCCCCCC(N)=O.Cl.Cl. The fourth-order valence-corrected chi connectivity index (χ4v) is 1.43. The van der Waals surface area contributed by atoms with Crippen molar-refractivity contribution < 1.29 is 4.79 Å². The zero-order valence-electron chi connectivity index (χ0n) is 9.67. The van der Waals surface area contributed by atoms with Crippen LogP contribution in [0.2, 0.25) is 0 Å². The van der Waals surface area contributed by atoms with Crippen molar-refractivity contribution in [1.29, 1.82) is 0 Å². The molecule has 1 amide bonds. The smallest absolute Gasteiger partial charge is 0.217 e. The standard InChI is InChI=1S/C11H23NO.2ClH/c1-2-3-4-5-6-7-8-9-10-11(12)13;;/h2-10H2,1H3,(H2,12,13);2*1H. The minimum Gasteiger partial charge on any atom is -0.370 e. The zero-order chi connectivity index (χ0) is 9.94. The van der Waals surface area contributed by atoms with E-state index in [-0.39, 0.29) is 30.7 Å². The van der Waals surface area contributed by atoms with Gasteiger partial charge in [-0.25, -0.2) is 0 Å². The Balaban J connectivity index is -0.000000720. The predicted octanol–water partition coefficient (Wildman–Crippen LogP) is 3.85. The number of hydrogen-bond acceptors (Lipinski definition) is 1. The van der Waals surface area contributed by atoms with Crippen molar-refractivity contribution in [2.75, 3.05) is 0 Å². The molecule has 0 aliphatic rings. The molecule has 94 valence electrons. The first kappa shape index (κ1) is 20.5. The van der Waals surface area contributed by atoms with Gasteiger partial charge in [-0.2, -0.15) is 0 Å². The zero-order valence-corrected chi connectivity index (χ0v) is 11.3. The first-order chi connectivity index (χ1) is 6.27. The van der Waals surface area contributed by atoms with Crippen molar-refractivity contribution in [3.8, 4) is 0 Å². The van der Waals surface area contributed by atoms with Crippen molar-refractivity contribution in [1.82, 2.24) is 0 Å². The summed E-state index contributed by atoms with van der Waals surface area (Å²) in [4.78, 5) is 10.4. The number of carbonyl (C=O) groups excluding carboxylic acids is 1. The van der Waals surface area contributed by atoms with Gasteiger partial charge >= 0.3 is 0 Å². The number of unbranched alkanes of at least 4 members (excludes halogenated alkanes) is 7. The molecule has 2 N–H and O–H groups in total. The van der Waals surface area contributed by atoms with Crippen LogP contribution in [0.3, 0.4) is 0 Å². The molecule has 4 heteroatoms. The molecule has 0 spiro atoms. The Morgan fingerprint density at radius 1 is 0.867 bits per heavy atom. The summed E-state index contributed by atoms with van der Waals surface area (Å²) in [5.74, 6) is -0.161. The molecule has 0 aliphatic heterocycles. The van der Waals surface area contributed by atoms with Crippen LogP contribution < -0.4 is 5.73 Å². The summed E-state index contributed by atoms with van der Waals surface area (Å²) in [6.07, 6.45) is 10.7. The van der Waals surface area contributed by atoms with E-state index in [9.17, 15) is 4.79 Å². The molecule has 0 rings (SSSR count). The number of nitrogens with two attached hydrogens (primary N) is 1. The highest BCUT2D eigenvalue weighted by Gasteiger charge is 1.94. The third kappa shape index (κ3) is 20.2. The summed E-state index contributed by atoms with van der Waals surface area (Å²) in [5.41, 5.74) is 5.03. The Kier molecular flexibility index (Phi) is 22.5. The number of carbonyl (C=O) groups is 1. The van der Waals surface area contributed by atoms with Gasteiger partial charge in [-0.15, -0.1) is 24.8 Å². The fourth-order valence-electron chi connectivity index (χ4n) is 1.43. The summed E-state index contributed by atoms with van der Waals surface area (Å²) in [7, 11) is 0. The average Bonchev–Trinajstić information content (AvgIpc) is 2.09. The maximum absolute atomic E-state index is 10.4. The van der Waals surface area contributed by atoms with E-state index in [0.717, 1.165) is 12.8 Å². The van der Waals surface area contributed by atoms with Gasteiger partial charge in [0.1, 0.15) is 0 Å². The topological polar surface area (TPSA) is 43.1 Å². The van der Waals surface area contributed by atoms with Crippen LogP contribution in [0.25, 0.3) is 0 Å². The Morgan fingerprint density at radius 3 is 1.67 bits per heavy atom. The number of amides is 1. The van der Waals surface area contributed by atoms with Gasteiger partial charge in [0.15, 0.2) is 0 Å². The highest BCUT2D eigenvalue weighted by molar-refractivity contribution is 5.85. The van der Waals surface area contributed by atoms with E-state index in [4.69, 9.17) is 5.73 Å². The average molecular weight is 258 g/mol. The molecule has 0 heterocycles. The summed E-state index contributed by atoms with van der Waals surface area (Å²) in [6.45, 7) is 2.23. The van der Waals surface area contributed by atoms with Gasteiger partial charge in [0.05, 0.1) is 0 Å². The lowest BCUT2D eigenvalue weighted by atomic mass is 10.1. The predicted molar refractivity (Wildman–Crippen MR) is 70.9 cm³/mol. The second-order valence-electron chi connectivity index (χ2n) is 3.69. The van der Waals surface area contributed by atoms with Crippen molar-refractivity contribution in [3.05, 3.63) is 0 Å². The van der Waals surface area contributed by atoms with Crippen LogP contribution in [0.15, 0.2) is 0 Å². The second kappa shape index (κ2) is 16.5. The highest BCUT2D eigenvalue weighted by atomic mass is 35.5. The molecule has 0 fully saturated rings. The second-order valence-corrected chi connectivity index (χ2v) is 3.69. The Hall–Kier alpha value is 0.0500. The van der Waals surface area contributed by atoms with Crippen LogP contribution in [-0.2, 0) is 4.79 Å². The molecule has 15 heavy (non-hydrogen) atoms. The molecule has 0 saturated heterocycles. The van der Waals surface area contributed by atoms with Gasteiger partial charge in [0, 0.05) is 6.42 Å². The van der Waals surface area contributed by atoms with Gasteiger partial charge in [-0.1, -0.05) is 51.9 Å². The van der Waals surface area contributed by atoms with Crippen molar-refractivity contribution in [2.24, 2.45) is 5.73 Å². The molecular formula is C11H25Cl2NO. The summed E-state index contributed by atoms with van der Waals surface area (Å²) in [5, 5.41) is 0. The minimum atomic E-state index is -0.161. The van der Waals surface area contributed by atoms with E-state index < -0.39 is 0 Å². The van der Waals surface area contributed by atoms with E-state index in [1.165, 1.54) is 38.5 Å². The van der Waals surface area contributed by atoms with Gasteiger partial charge in [-0.05, 0) is 6.42 Å². The lowest BCUT2D eigenvalue weighted by Gasteiger charge is -1.99. The van der Waals surface area contributed by atoms with Gasteiger partial charge in [-0.3, -0.25) is 4.79 Å². The largest absolute Gasteiger partial charge is 0.370 e. The van der Waals surface area contributed by atoms with E-state index >= 15 is 0 Å². The van der Waals surface area contributed by atoms with Crippen LogP contribution >= 0.6 is 24.8 Å².